The summed E-state index contributed by atoms with van der Waals surface area (Å²) in [6.45, 7) is 13.4. The minimum atomic E-state index is -1.11. The summed E-state index contributed by atoms with van der Waals surface area (Å²) >= 11 is -1.11. The second-order valence-electron chi connectivity index (χ2n) is 9.02. The van der Waals surface area contributed by atoms with Gasteiger partial charge in [0.15, 0.2) is 9.79 Å². The van der Waals surface area contributed by atoms with Crippen molar-refractivity contribution in [3.8, 4) is 0 Å². The fraction of sp³-hybridized carbons (Fsp3) is 0.538. The Labute approximate surface area is 176 Å². The van der Waals surface area contributed by atoms with Gasteiger partial charge < -0.3 is 4.55 Å². The van der Waals surface area contributed by atoms with E-state index in [2.05, 4.69) is 65.8 Å². The van der Waals surface area contributed by atoms with Gasteiger partial charge in [-0.3, -0.25) is 0 Å². The van der Waals surface area contributed by atoms with Gasteiger partial charge in [0.1, 0.15) is 0 Å². The van der Waals surface area contributed by atoms with Gasteiger partial charge in [0.25, 0.3) is 0 Å². The lowest BCUT2D eigenvalue weighted by Crippen LogP contribution is -2.05. The zero-order valence-electron chi connectivity index (χ0n) is 18.7. The van der Waals surface area contributed by atoms with Crippen molar-refractivity contribution < 1.29 is 4.55 Å². The van der Waals surface area contributed by atoms with Crippen LogP contribution in [0.15, 0.2) is 46.2 Å². The Kier molecular flexibility index (Phi) is 9.11. The Morgan fingerprint density at radius 2 is 1.11 bits per heavy atom. The maximum atomic E-state index is 13.2. The van der Waals surface area contributed by atoms with Crippen LogP contribution >= 0.6 is 0 Å². The highest BCUT2D eigenvalue weighted by molar-refractivity contribution is 7.91. The smallest absolute Gasteiger partial charge is 0.158 e. The molecule has 0 bridgehead atoms. The van der Waals surface area contributed by atoms with E-state index in [0.29, 0.717) is 0 Å². The summed E-state index contributed by atoms with van der Waals surface area (Å²) in [5, 5.41) is 0. The quantitative estimate of drug-likeness (QED) is 0.382. The molecule has 0 aliphatic rings. The molecule has 0 heterocycles. The fourth-order valence-electron chi connectivity index (χ4n) is 3.60. The van der Waals surface area contributed by atoms with Crippen LogP contribution in [-0.4, -0.2) is 4.55 Å². The van der Waals surface area contributed by atoms with E-state index in [9.17, 15) is 4.55 Å². The molecule has 1 nitrogen and oxygen atoms in total. The molecular weight excluding hydrogens is 360 g/mol. The average Bonchev–Trinajstić information content (AvgIpc) is 2.63. The molecule has 2 heteroatoms. The Morgan fingerprint density at radius 3 is 1.46 bits per heavy atom. The van der Waals surface area contributed by atoms with Crippen LogP contribution in [-0.2, 0) is 24.0 Å². The van der Waals surface area contributed by atoms with Crippen molar-refractivity contribution in [2.24, 2.45) is 11.8 Å². The molecule has 0 spiro atoms. The lowest BCUT2D eigenvalue weighted by atomic mass is 9.99. The third-order valence-corrected chi connectivity index (χ3v) is 6.89. The highest BCUT2D eigenvalue weighted by atomic mass is 32.2. The number of hydrogen-bond donors (Lipinski definition) is 0. The Bertz CT molecular complexity index is 685. The predicted octanol–water partition coefficient (Wildman–Crippen LogP) is 7.43. The van der Waals surface area contributed by atoms with Crippen molar-refractivity contribution in [2.45, 2.75) is 89.9 Å². The third kappa shape index (κ3) is 6.97. The lowest BCUT2D eigenvalue weighted by molar-refractivity contribution is 0.554. The van der Waals surface area contributed by atoms with Gasteiger partial charge in [0.05, 0.1) is 0 Å². The normalized spacial score (nSPS) is 11.8. The van der Waals surface area contributed by atoms with Gasteiger partial charge in [-0.1, -0.05) is 52.7 Å². The van der Waals surface area contributed by atoms with E-state index in [1.165, 1.54) is 47.9 Å². The highest BCUT2D eigenvalue weighted by Crippen LogP contribution is 2.26. The molecule has 0 N–H and O–H groups in total. The molecule has 0 aliphatic heterocycles. The molecule has 2 aromatic rings. The Balaban J connectivity index is 2.15. The summed E-state index contributed by atoms with van der Waals surface area (Å²) in [6, 6.07) is 12.7. The lowest BCUT2D eigenvalue weighted by Gasteiger charge is -2.15. The molecule has 0 atom stereocenters. The second-order valence-corrected chi connectivity index (χ2v) is 10.5. The van der Waals surface area contributed by atoms with Gasteiger partial charge in [-0.15, -0.1) is 0 Å². The average molecular weight is 399 g/mol. The maximum absolute atomic E-state index is 13.2. The van der Waals surface area contributed by atoms with Gasteiger partial charge in [-0.2, -0.15) is 0 Å². The van der Waals surface area contributed by atoms with E-state index in [4.69, 9.17) is 0 Å². The first-order chi connectivity index (χ1) is 13.3. The molecule has 0 unspecified atom stereocenters. The van der Waals surface area contributed by atoms with E-state index >= 15 is 0 Å². The number of aryl methyl sites for hydroxylation is 4. The van der Waals surface area contributed by atoms with Crippen LogP contribution in [0.5, 0.6) is 0 Å². The van der Waals surface area contributed by atoms with Crippen LogP contribution in [0.4, 0.5) is 0 Å². The molecule has 2 rings (SSSR count). The van der Waals surface area contributed by atoms with Crippen LogP contribution in [0.2, 0.25) is 0 Å². The maximum Gasteiger partial charge on any atom is 0.158 e. The Hall–Kier alpha value is -1.25. The van der Waals surface area contributed by atoms with Crippen LogP contribution < -0.4 is 0 Å². The standard InChI is InChI=1S/C26H38OS/c1-19(2)9-7-11-23-17-25(15-13-21(23)5)28(27)26-16-14-22(6)24(18-26)12-8-10-20(3)4/h13-20H,7-12H2,1-6H3. The monoisotopic (exact) mass is 398 g/mol. The number of rotatable bonds is 10. The molecule has 0 aromatic heterocycles. The first kappa shape index (κ1) is 23.0. The van der Waals surface area contributed by atoms with Crippen molar-refractivity contribution >= 4 is 11.2 Å². The minimum Gasteiger partial charge on any atom is -0.606 e. The van der Waals surface area contributed by atoms with Crippen molar-refractivity contribution in [1.29, 1.82) is 0 Å². The molecule has 0 saturated carbocycles. The molecule has 0 aliphatic carbocycles. The SMILES string of the molecule is Cc1ccc([S+]([O-])c2ccc(C)c(CCCC(C)C)c2)cc1CCCC(C)C. The number of benzene rings is 2. The zero-order valence-corrected chi connectivity index (χ0v) is 19.5. The third-order valence-electron chi connectivity index (χ3n) is 5.52. The summed E-state index contributed by atoms with van der Waals surface area (Å²) in [5.74, 6) is 1.47. The van der Waals surface area contributed by atoms with E-state index < -0.39 is 11.2 Å². The zero-order chi connectivity index (χ0) is 20.7. The van der Waals surface area contributed by atoms with E-state index in [1.54, 1.807) is 0 Å². The molecule has 2 aromatic carbocycles. The van der Waals surface area contributed by atoms with Gasteiger partial charge in [-0.25, -0.2) is 0 Å². The largest absolute Gasteiger partial charge is 0.606 e. The summed E-state index contributed by atoms with van der Waals surface area (Å²) < 4.78 is 13.2. The summed E-state index contributed by atoms with van der Waals surface area (Å²) in [5.41, 5.74) is 5.30. The van der Waals surface area contributed by atoms with Gasteiger partial charge >= 0.3 is 0 Å². The van der Waals surface area contributed by atoms with E-state index in [-0.39, 0.29) is 0 Å². The van der Waals surface area contributed by atoms with E-state index in [1.807, 2.05) is 12.1 Å². The Morgan fingerprint density at radius 1 is 0.714 bits per heavy atom. The van der Waals surface area contributed by atoms with Crippen molar-refractivity contribution in [1.82, 2.24) is 0 Å². The molecule has 0 radical (unpaired) electrons. The van der Waals surface area contributed by atoms with Crippen molar-refractivity contribution in [2.75, 3.05) is 0 Å². The topological polar surface area (TPSA) is 23.1 Å². The van der Waals surface area contributed by atoms with Gasteiger partial charge in [0, 0.05) is 11.2 Å². The first-order valence-corrected chi connectivity index (χ1v) is 12.0. The van der Waals surface area contributed by atoms with E-state index in [0.717, 1.165) is 34.5 Å². The molecule has 0 amide bonds. The van der Waals surface area contributed by atoms with Crippen LogP contribution in [0.1, 0.15) is 75.6 Å². The summed E-state index contributed by atoms with van der Waals surface area (Å²) in [7, 11) is 0. The molecule has 154 valence electrons. The fourth-order valence-corrected chi connectivity index (χ4v) is 4.76. The van der Waals surface area contributed by atoms with Crippen LogP contribution in [0, 0.1) is 25.7 Å². The van der Waals surface area contributed by atoms with Gasteiger partial charge in [0.2, 0.25) is 0 Å². The molecule has 0 saturated heterocycles. The van der Waals surface area contributed by atoms with Crippen LogP contribution in [0.3, 0.4) is 0 Å². The van der Waals surface area contributed by atoms with Crippen molar-refractivity contribution in [3.63, 3.8) is 0 Å². The van der Waals surface area contributed by atoms with Crippen LogP contribution in [0.25, 0.3) is 0 Å². The predicted molar refractivity (Wildman–Crippen MR) is 123 cm³/mol. The molecule has 0 fully saturated rings. The summed E-state index contributed by atoms with van der Waals surface area (Å²) in [4.78, 5) is 1.87. The first-order valence-electron chi connectivity index (χ1n) is 10.9. The second kappa shape index (κ2) is 11.1. The summed E-state index contributed by atoms with van der Waals surface area (Å²) in [6.07, 6.45) is 7.01. The molecule has 28 heavy (non-hydrogen) atoms. The van der Waals surface area contributed by atoms with Gasteiger partial charge in [-0.05, 0) is 97.9 Å². The van der Waals surface area contributed by atoms with Crippen molar-refractivity contribution in [3.05, 3.63) is 58.7 Å². The highest BCUT2D eigenvalue weighted by Gasteiger charge is 2.17. The minimum absolute atomic E-state index is 0.735. The molecular formula is C26H38OS. The number of hydrogen-bond acceptors (Lipinski definition) is 1.